The van der Waals surface area contributed by atoms with Gasteiger partial charge in [0, 0.05) is 54.4 Å². The number of benzene rings is 1. The maximum Gasteiger partial charge on any atom is 0.253 e. The summed E-state index contributed by atoms with van der Waals surface area (Å²) in [6.45, 7) is 6.12. The molecule has 1 fully saturated rings. The van der Waals surface area contributed by atoms with Gasteiger partial charge in [0.2, 0.25) is 0 Å². The molecule has 132 valence electrons. The van der Waals surface area contributed by atoms with Crippen molar-refractivity contribution in [1.82, 2.24) is 20.1 Å². The molecule has 1 aliphatic heterocycles. The van der Waals surface area contributed by atoms with Gasteiger partial charge in [0.25, 0.3) is 5.91 Å². The molecule has 26 heavy (non-hydrogen) atoms. The summed E-state index contributed by atoms with van der Waals surface area (Å²) in [6, 6.07) is 11.6. The molecule has 0 N–H and O–H groups in total. The van der Waals surface area contributed by atoms with E-state index in [0.29, 0.717) is 13.1 Å². The smallest absolute Gasteiger partial charge is 0.253 e. The summed E-state index contributed by atoms with van der Waals surface area (Å²) >= 11 is 0. The number of aromatic nitrogens is 3. The quantitative estimate of drug-likeness (QED) is 0.713. The van der Waals surface area contributed by atoms with Gasteiger partial charge in [-0.2, -0.15) is 5.10 Å². The molecule has 1 saturated heterocycles. The molecule has 6 nitrogen and oxygen atoms in total. The Labute approximate surface area is 152 Å². The third-order valence-electron chi connectivity index (χ3n) is 4.95. The summed E-state index contributed by atoms with van der Waals surface area (Å²) in [5, 5.41) is 10.8. The third-order valence-corrected chi connectivity index (χ3v) is 4.95. The number of carbonyl (C=O) groups is 1. The van der Waals surface area contributed by atoms with Crippen LogP contribution >= 0.6 is 0 Å². The summed E-state index contributed by atoms with van der Waals surface area (Å²) in [7, 11) is 0. The van der Waals surface area contributed by atoms with Gasteiger partial charge >= 0.3 is 0 Å². The monoisotopic (exact) mass is 347 g/mol. The summed E-state index contributed by atoms with van der Waals surface area (Å²) in [5.41, 5.74) is 1.63. The highest BCUT2D eigenvalue weighted by molar-refractivity contribution is 5.95. The molecule has 4 rings (SSSR count). The van der Waals surface area contributed by atoms with Crippen LogP contribution in [0.2, 0.25) is 0 Å². The van der Waals surface area contributed by atoms with Crippen molar-refractivity contribution < 1.29 is 4.79 Å². The molecule has 1 amide bonds. The minimum absolute atomic E-state index is 0.0821. The highest BCUT2D eigenvalue weighted by Gasteiger charge is 2.29. The van der Waals surface area contributed by atoms with Gasteiger partial charge in [0.15, 0.2) is 5.82 Å². The van der Waals surface area contributed by atoms with Crippen LogP contribution in [0.15, 0.2) is 48.8 Å². The molecule has 1 unspecified atom stereocenters. The molecule has 1 aromatic carbocycles. The Morgan fingerprint density at radius 1 is 1.08 bits per heavy atom. The second-order valence-corrected chi connectivity index (χ2v) is 6.69. The number of hydrogen-bond acceptors (Lipinski definition) is 5. The number of nitrogens with zero attached hydrogens (tertiary/aromatic N) is 5. The van der Waals surface area contributed by atoms with Crippen LogP contribution < -0.4 is 4.90 Å². The molecule has 2 aromatic heterocycles. The first-order valence-electron chi connectivity index (χ1n) is 8.83. The summed E-state index contributed by atoms with van der Waals surface area (Å²) < 4.78 is 0. The van der Waals surface area contributed by atoms with E-state index >= 15 is 0 Å². The lowest BCUT2D eigenvalue weighted by atomic mass is 10.1. The number of aryl methyl sites for hydroxylation is 1. The van der Waals surface area contributed by atoms with E-state index in [2.05, 4.69) is 27.0 Å². The molecule has 0 bridgehead atoms. The number of rotatable bonds is 2. The Morgan fingerprint density at radius 2 is 1.88 bits per heavy atom. The third kappa shape index (κ3) is 2.87. The van der Waals surface area contributed by atoms with E-state index in [9.17, 15) is 4.79 Å². The van der Waals surface area contributed by atoms with Gasteiger partial charge in [-0.1, -0.05) is 18.2 Å². The van der Waals surface area contributed by atoms with Crippen LogP contribution in [-0.4, -0.2) is 51.7 Å². The average Bonchev–Trinajstić information content (AvgIpc) is 2.69. The van der Waals surface area contributed by atoms with Crippen LogP contribution in [0.4, 0.5) is 5.82 Å². The van der Waals surface area contributed by atoms with Gasteiger partial charge in [-0.15, -0.1) is 5.10 Å². The predicted molar refractivity (Wildman–Crippen MR) is 101 cm³/mol. The molecular formula is C20H21N5O. The normalized spacial score (nSPS) is 17.5. The maximum absolute atomic E-state index is 12.7. The number of amides is 1. The van der Waals surface area contributed by atoms with Crippen LogP contribution in [0.25, 0.3) is 10.8 Å². The second-order valence-electron chi connectivity index (χ2n) is 6.69. The van der Waals surface area contributed by atoms with Gasteiger partial charge in [0.05, 0.1) is 5.69 Å². The van der Waals surface area contributed by atoms with E-state index in [1.165, 1.54) is 0 Å². The highest BCUT2D eigenvalue weighted by Crippen LogP contribution is 2.27. The standard InChI is InChI=1S/C20H21N5O/c1-14-13-24(20(26)16-6-4-3-5-7-16)10-11-25(14)19-18-12-21-9-8-17(18)15(2)22-23-19/h3-9,12,14H,10-11,13H2,1-2H3. The Balaban J connectivity index is 1.59. The van der Waals surface area contributed by atoms with Gasteiger partial charge in [-0.05, 0) is 32.0 Å². The summed E-state index contributed by atoms with van der Waals surface area (Å²) in [4.78, 5) is 21.1. The minimum atomic E-state index is 0.0821. The molecule has 0 radical (unpaired) electrons. The summed E-state index contributed by atoms with van der Waals surface area (Å²) in [6.07, 6.45) is 3.63. The fourth-order valence-corrected chi connectivity index (χ4v) is 3.55. The minimum Gasteiger partial charge on any atom is -0.348 e. The van der Waals surface area contributed by atoms with Crippen molar-refractivity contribution in [1.29, 1.82) is 0 Å². The average molecular weight is 347 g/mol. The van der Waals surface area contributed by atoms with Crippen molar-refractivity contribution in [2.45, 2.75) is 19.9 Å². The van der Waals surface area contributed by atoms with Crippen LogP contribution in [0, 0.1) is 6.92 Å². The molecule has 3 aromatic rings. The molecule has 1 aliphatic rings. The molecule has 6 heteroatoms. The second kappa shape index (κ2) is 6.71. The van der Waals surface area contributed by atoms with Crippen molar-refractivity contribution in [3.05, 3.63) is 60.0 Å². The van der Waals surface area contributed by atoms with Gasteiger partial charge in [0.1, 0.15) is 0 Å². The van der Waals surface area contributed by atoms with Gasteiger partial charge < -0.3 is 9.80 Å². The van der Waals surface area contributed by atoms with Crippen molar-refractivity contribution in [2.24, 2.45) is 0 Å². The Kier molecular flexibility index (Phi) is 4.24. The number of piperazine rings is 1. The first kappa shape index (κ1) is 16.4. The lowest BCUT2D eigenvalue weighted by molar-refractivity contribution is 0.0726. The zero-order chi connectivity index (χ0) is 18.1. The zero-order valence-corrected chi connectivity index (χ0v) is 15.0. The van der Waals surface area contributed by atoms with Crippen LogP contribution in [0.1, 0.15) is 23.0 Å². The van der Waals surface area contributed by atoms with E-state index in [4.69, 9.17) is 0 Å². The number of anilines is 1. The van der Waals surface area contributed by atoms with E-state index in [0.717, 1.165) is 34.4 Å². The molecule has 0 aliphatic carbocycles. The molecule has 1 atom stereocenters. The van der Waals surface area contributed by atoms with E-state index < -0.39 is 0 Å². The van der Waals surface area contributed by atoms with Crippen LogP contribution in [0.5, 0.6) is 0 Å². The van der Waals surface area contributed by atoms with Crippen LogP contribution in [-0.2, 0) is 0 Å². The lowest BCUT2D eigenvalue weighted by Crippen LogP contribution is -2.54. The number of fused-ring (bicyclic) bond motifs is 1. The zero-order valence-electron chi connectivity index (χ0n) is 15.0. The largest absolute Gasteiger partial charge is 0.348 e. The first-order valence-corrected chi connectivity index (χ1v) is 8.83. The molecule has 3 heterocycles. The van der Waals surface area contributed by atoms with Gasteiger partial charge in [-0.25, -0.2) is 0 Å². The maximum atomic E-state index is 12.7. The highest BCUT2D eigenvalue weighted by atomic mass is 16.2. The van der Waals surface area contributed by atoms with Crippen molar-refractivity contribution in [2.75, 3.05) is 24.5 Å². The van der Waals surface area contributed by atoms with E-state index in [1.54, 1.807) is 6.20 Å². The van der Waals surface area contributed by atoms with Crippen molar-refractivity contribution in [3.8, 4) is 0 Å². The van der Waals surface area contributed by atoms with E-state index in [-0.39, 0.29) is 11.9 Å². The number of pyridine rings is 1. The Hall–Kier alpha value is -3.02. The van der Waals surface area contributed by atoms with Crippen molar-refractivity contribution >= 4 is 22.5 Å². The number of carbonyl (C=O) groups excluding carboxylic acids is 1. The fourth-order valence-electron chi connectivity index (χ4n) is 3.55. The SMILES string of the molecule is Cc1nnc(N2CCN(C(=O)c3ccccc3)CC2C)c2cnccc12. The van der Waals surface area contributed by atoms with Crippen molar-refractivity contribution in [3.63, 3.8) is 0 Å². The van der Waals surface area contributed by atoms with Crippen LogP contribution in [0.3, 0.4) is 0 Å². The lowest BCUT2D eigenvalue weighted by Gasteiger charge is -2.40. The first-order chi connectivity index (χ1) is 12.6. The fraction of sp³-hybridized carbons (Fsp3) is 0.300. The van der Waals surface area contributed by atoms with E-state index in [1.807, 2.05) is 54.4 Å². The Morgan fingerprint density at radius 3 is 2.65 bits per heavy atom. The summed E-state index contributed by atoms with van der Waals surface area (Å²) in [5.74, 6) is 0.927. The Bertz CT molecular complexity index is 943. The van der Waals surface area contributed by atoms with Gasteiger partial charge in [-0.3, -0.25) is 9.78 Å². The number of hydrogen-bond donors (Lipinski definition) is 0. The molecular weight excluding hydrogens is 326 g/mol. The molecule has 0 saturated carbocycles. The topological polar surface area (TPSA) is 62.2 Å². The predicted octanol–water partition coefficient (Wildman–Crippen LogP) is 2.68. The molecule has 0 spiro atoms.